The second kappa shape index (κ2) is 11.1. The standard InChI is InChI=1S/C5H8O2.C4H10O2/c1-3-4(2)5(6)7;5-3-1-2-4-6/h2-3H2,1H3,(H,6,7);5-6H,1-4H2. The molecule has 0 saturated heterocycles. The topological polar surface area (TPSA) is 77.8 Å². The second-order valence-corrected chi connectivity index (χ2v) is 2.42. The molecular formula is C9H18O4. The van der Waals surface area contributed by atoms with E-state index in [1.807, 2.05) is 0 Å². The Balaban J connectivity index is 0. The lowest BCUT2D eigenvalue weighted by molar-refractivity contribution is -0.132. The first kappa shape index (κ1) is 14.6. The minimum Gasteiger partial charge on any atom is -0.478 e. The zero-order valence-electron chi connectivity index (χ0n) is 7.99. The Labute approximate surface area is 78.5 Å². The molecular weight excluding hydrogens is 172 g/mol. The van der Waals surface area contributed by atoms with Crippen molar-refractivity contribution in [2.75, 3.05) is 13.2 Å². The number of aliphatic hydroxyl groups excluding tert-OH is 2. The van der Waals surface area contributed by atoms with Gasteiger partial charge < -0.3 is 15.3 Å². The van der Waals surface area contributed by atoms with Crippen LogP contribution in [-0.2, 0) is 4.79 Å². The average molecular weight is 190 g/mol. The lowest BCUT2D eigenvalue weighted by Crippen LogP contribution is -1.95. The van der Waals surface area contributed by atoms with Gasteiger partial charge in [-0.15, -0.1) is 0 Å². The fraction of sp³-hybridized carbons (Fsp3) is 0.667. The van der Waals surface area contributed by atoms with E-state index in [2.05, 4.69) is 6.58 Å². The fourth-order valence-electron chi connectivity index (χ4n) is 0.375. The summed E-state index contributed by atoms with van der Waals surface area (Å²) in [5, 5.41) is 24.3. The maximum Gasteiger partial charge on any atom is 0.330 e. The van der Waals surface area contributed by atoms with E-state index in [9.17, 15) is 4.79 Å². The van der Waals surface area contributed by atoms with E-state index in [0.717, 1.165) is 12.8 Å². The highest BCUT2D eigenvalue weighted by Crippen LogP contribution is 1.93. The molecule has 0 aliphatic heterocycles. The Morgan fingerprint density at radius 2 is 1.62 bits per heavy atom. The van der Waals surface area contributed by atoms with Crippen molar-refractivity contribution in [2.24, 2.45) is 0 Å². The van der Waals surface area contributed by atoms with Crippen molar-refractivity contribution in [3.63, 3.8) is 0 Å². The Bertz CT molecular complexity index is 139. The zero-order valence-corrected chi connectivity index (χ0v) is 7.99. The molecule has 0 radical (unpaired) electrons. The molecule has 3 N–H and O–H groups in total. The van der Waals surface area contributed by atoms with E-state index >= 15 is 0 Å². The normalized spacial score (nSPS) is 8.54. The Morgan fingerprint density at radius 3 is 1.69 bits per heavy atom. The van der Waals surface area contributed by atoms with Gasteiger partial charge in [-0.05, 0) is 19.3 Å². The SMILES string of the molecule is C=C(CC)C(=O)O.OCCCCO. The second-order valence-electron chi connectivity index (χ2n) is 2.42. The van der Waals surface area contributed by atoms with Crippen molar-refractivity contribution < 1.29 is 20.1 Å². The van der Waals surface area contributed by atoms with Crippen LogP contribution in [0.5, 0.6) is 0 Å². The molecule has 13 heavy (non-hydrogen) atoms. The molecule has 0 heterocycles. The lowest BCUT2D eigenvalue weighted by Gasteiger charge is -1.87. The highest BCUT2D eigenvalue weighted by Gasteiger charge is 1.96. The third-order valence-corrected chi connectivity index (χ3v) is 1.30. The summed E-state index contributed by atoms with van der Waals surface area (Å²) in [6.07, 6.45) is 1.96. The largest absolute Gasteiger partial charge is 0.478 e. The summed E-state index contributed by atoms with van der Waals surface area (Å²) in [6.45, 7) is 5.42. The van der Waals surface area contributed by atoms with Crippen molar-refractivity contribution in [3.8, 4) is 0 Å². The van der Waals surface area contributed by atoms with Crippen LogP contribution in [0.25, 0.3) is 0 Å². The molecule has 0 spiro atoms. The molecule has 0 bridgehead atoms. The number of unbranched alkanes of at least 4 members (excludes halogenated alkanes) is 1. The maximum absolute atomic E-state index is 9.83. The van der Waals surface area contributed by atoms with Gasteiger partial charge in [-0.25, -0.2) is 4.79 Å². The molecule has 0 rings (SSSR count). The molecule has 4 heteroatoms. The monoisotopic (exact) mass is 190 g/mol. The third kappa shape index (κ3) is 14.0. The zero-order chi connectivity index (χ0) is 10.7. The number of aliphatic carboxylic acids is 1. The first-order valence-electron chi connectivity index (χ1n) is 4.22. The summed E-state index contributed by atoms with van der Waals surface area (Å²) in [5.74, 6) is -0.900. The Kier molecular flexibility index (Phi) is 12.5. The molecule has 78 valence electrons. The van der Waals surface area contributed by atoms with Gasteiger partial charge in [0.25, 0.3) is 0 Å². The lowest BCUT2D eigenvalue weighted by atomic mass is 10.2. The summed E-state index contributed by atoms with van der Waals surface area (Å²) in [7, 11) is 0. The number of rotatable bonds is 5. The number of carboxylic acid groups (broad SMARTS) is 1. The van der Waals surface area contributed by atoms with E-state index < -0.39 is 5.97 Å². The summed E-state index contributed by atoms with van der Waals surface area (Å²) in [4.78, 5) is 9.83. The minimum atomic E-state index is -0.900. The molecule has 0 aromatic carbocycles. The number of carbonyl (C=O) groups is 1. The van der Waals surface area contributed by atoms with Crippen LogP contribution in [-0.4, -0.2) is 34.5 Å². The molecule has 0 aliphatic carbocycles. The van der Waals surface area contributed by atoms with Crippen LogP contribution in [0.15, 0.2) is 12.2 Å². The first-order valence-corrected chi connectivity index (χ1v) is 4.22. The predicted octanol–water partition coefficient (Wildman–Crippen LogP) is 0.788. The van der Waals surface area contributed by atoms with Crippen molar-refractivity contribution in [1.82, 2.24) is 0 Å². The van der Waals surface area contributed by atoms with Crippen LogP contribution in [0.1, 0.15) is 26.2 Å². The molecule has 0 saturated carbocycles. The van der Waals surface area contributed by atoms with Gasteiger partial charge in [0.1, 0.15) is 0 Å². The molecule has 0 atom stereocenters. The molecule has 0 aromatic heterocycles. The van der Waals surface area contributed by atoms with Crippen LogP contribution in [0, 0.1) is 0 Å². The van der Waals surface area contributed by atoms with Gasteiger partial charge in [0.15, 0.2) is 0 Å². The van der Waals surface area contributed by atoms with Gasteiger partial charge in [-0.3, -0.25) is 0 Å². The van der Waals surface area contributed by atoms with E-state index in [-0.39, 0.29) is 18.8 Å². The quantitative estimate of drug-likeness (QED) is 0.442. The third-order valence-electron chi connectivity index (χ3n) is 1.30. The van der Waals surface area contributed by atoms with Gasteiger partial charge in [-0.1, -0.05) is 13.5 Å². The predicted molar refractivity (Wildman–Crippen MR) is 50.5 cm³/mol. The van der Waals surface area contributed by atoms with Gasteiger partial charge >= 0.3 is 5.97 Å². The van der Waals surface area contributed by atoms with Gasteiger partial charge in [-0.2, -0.15) is 0 Å². The summed E-state index contributed by atoms with van der Waals surface area (Å²) >= 11 is 0. The van der Waals surface area contributed by atoms with Crippen LogP contribution >= 0.6 is 0 Å². The van der Waals surface area contributed by atoms with Gasteiger partial charge in [0, 0.05) is 18.8 Å². The van der Waals surface area contributed by atoms with Crippen LogP contribution in [0.4, 0.5) is 0 Å². The molecule has 0 fully saturated rings. The highest BCUT2D eigenvalue weighted by molar-refractivity contribution is 5.85. The Morgan fingerprint density at radius 1 is 1.23 bits per heavy atom. The molecule has 0 aromatic rings. The van der Waals surface area contributed by atoms with Crippen LogP contribution in [0.3, 0.4) is 0 Å². The number of carboxylic acids is 1. The van der Waals surface area contributed by atoms with E-state index in [1.165, 1.54) is 0 Å². The van der Waals surface area contributed by atoms with E-state index in [1.54, 1.807) is 6.92 Å². The van der Waals surface area contributed by atoms with E-state index in [4.69, 9.17) is 15.3 Å². The van der Waals surface area contributed by atoms with Crippen LogP contribution in [0.2, 0.25) is 0 Å². The van der Waals surface area contributed by atoms with Crippen molar-refractivity contribution in [1.29, 1.82) is 0 Å². The average Bonchev–Trinajstić information content (AvgIpc) is 2.14. The maximum atomic E-state index is 9.83. The van der Waals surface area contributed by atoms with Crippen molar-refractivity contribution >= 4 is 5.97 Å². The smallest absolute Gasteiger partial charge is 0.330 e. The van der Waals surface area contributed by atoms with Gasteiger partial charge in [0.2, 0.25) is 0 Å². The summed E-state index contributed by atoms with van der Waals surface area (Å²) in [5.41, 5.74) is 0.264. The van der Waals surface area contributed by atoms with Gasteiger partial charge in [0.05, 0.1) is 0 Å². The van der Waals surface area contributed by atoms with E-state index in [0.29, 0.717) is 6.42 Å². The summed E-state index contributed by atoms with van der Waals surface area (Å²) < 4.78 is 0. The molecule has 0 aliphatic rings. The number of hydrogen-bond donors (Lipinski definition) is 3. The van der Waals surface area contributed by atoms with Crippen molar-refractivity contribution in [2.45, 2.75) is 26.2 Å². The fourth-order valence-corrected chi connectivity index (χ4v) is 0.375. The molecule has 4 nitrogen and oxygen atoms in total. The first-order chi connectivity index (χ1) is 6.09. The number of aliphatic hydroxyl groups is 2. The summed E-state index contributed by atoms with van der Waals surface area (Å²) in [6, 6.07) is 0. The minimum absolute atomic E-state index is 0.195. The number of hydrogen-bond acceptors (Lipinski definition) is 3. The molecule has 0 amide bonds. The van der Waals surface area contributed by atoms with Crippen LogP contribution < -0.4 is 0 Å². The highest BCUT2D eigenvalue weighted by atomic mass is 16.4. The van der Waals surface area contributed by atoms with Crippen molar-refractivity contribution in [3.05, 3.63) is 12.2 Å². The molecule has 0 unspecified atom stereocenters. The Hall–Kier alpha value is -0.870.